The first-order valence-corrected chi connectivity index (χ1v) is 7.97. The molecule has 2 aromatic rings. The van der Waals surface area contributed by atoms with Crippen LogP contribution in [0.2, 0.25) is 0 Å². The Morgan fingerprint density at radius 2 is 2.17 bits per heavy atom. The van der Waals surface area contributed by atoms with Gasteiger partial charge in [0.25, 0.3) is 0 Å². The quantitative estimate of drug-likeness (QED) is 0.640. The van der Waals surface area contributed by atoms with Crippen LogP contribution in [0.15, 0.2) is 28.9 Å². The molecule has 1 unspecified atom stereocenters. The van der Waals surface area contributed by atoms with Crippen molar-refractivity contribution in [1.29, 1.82) is 0 Å². The first kappa shape index (κ1) is 15.6. The number of furan rings is 1. The fourth-order valence-corrected chi connectivity index (χ4v) is 3.22. The molecule has 0 fully saturated rings. The van der Waals surface area contributed by atoms with E-state index in [-0.39, 0.29) is 23.8 Å². The number of aryl methyl sites for hydroxylation is 1. The van der Waals surface area contributed by atoms with Gasteiger partial charge in [-0.25, -0.2) is 0 Å². The monoisotopic (exact) mass is 315 g/mol. The number of ketones is 1. The van der Waals surface area contributed by atoms with E-state index in [0.717, 1.165) is 30.6 Å². The molecule has 0 bridgehead atoms. The SMILES string of the molecule is Cc1cc2n(c1C(=O)c1ccco1)CCCC2C(=O)OC(C)C. The molecule has 122 valence electrons. The molecule has 0 spiro atoms. The van der Waals surface area contributed by atoms with Crippen molar-refractivity contribution in [3.63, 3.8) is 0 Å². The third kappa shape index (κ3) is 2.83. The molecule has 23 heavy (non-hydrogen) atoms. The maximum Gasteiger partial charge on any atom is 0.315 e. The maximum absolute atomic E-state index is 12.7. The minimum Gasteiger partial charge on any atom is -0.462 e. The summed E-state index contributed by atoms with van der Waals surface area (Å²) in [5.41, 5.74) is 2.34. The smallest absolute Gasteiger partial charge is 0.315 e. The van der Waals surface area contributed by atoms with E-state index in [9.17, 15) is 9.59 Å². The zero-order valence-corrected chi connectivity index (χ0v) is 13.7. The number of hydrogen-bond donors (Lipinski definition) is 0. The molecular weight excluding hydrogens is 294 g/mol. The Morgan fingerprint density at radius 3 is 2.83 bits per heavy atom. The number of carbonyl (C=O) groups excluding carboxylic acids is 2. The van der Waals surface area contributed by atoms with Crippen molar-refractivity contribution in [2.45, 2.75) is 52.2 Å². The molecular formula is C18H21NO4. The van der Waals surface area contributed by atoms with Crippen molar-refractivity contribution in [2.75, 3.05) is 0 Å². The minimum atomic E-state index is -0.303. The minimum absolute atomic E-state index is 0.141. The van der Waals surface area contributed by atoms with Gasteiger partial charge < -0.3 is 13.7 Å². The van der Waals surface area contributed by atoms with Gasteiger partial charge in [-0.3, -0.25) is 9.59 Å². The number of hydrogen-bond acceptors (Lipinski definition) is 4. The molecule has 0 aromatic carbocycles. The van der Waals surface area contributed by atoms with Crippen molar-refractivity contribution < 1.29 is 18.7 Å². The van der Waals surface area contributed by atoms with Crippen molar-refractivity contribution >= 4 is 11.8 Å². The fourth-order valence-electron chi connectivity index (χ4n) is 3.22. The molecule has 3 rings (SSSR count). The summed E-state index contributed by atoms with van der Waals surface area (Å²) in [6, 6.07) is 5.29. The summed E-state index contributed by atoms with van der Waals surface area (Å²) in [6.07, 6.45) is 2.95. The van der Waals surface area contributed by atoms with Crippen LogP contribution in [0.5, 0.6) is 0 Å². The average molecular weight is 315 g/mol. The predicted molar refractivity (Wildman–Crippen MR) is 84.5 cm³/mol. The van der Waals surface area contributed by atoms with Crippen LogP contribution in [0.25, 0.3) is 0 Å². The highest BCUT2D eigenvalue weighted by Crippen LogP contribution is 2.33. The lowest BCUT2D eigenvalue weighted by atomic mass is 9.96. The lowest BCUT2D eigenvalue weighted by Gasteiger charge is -2.25. The number of esters is 1. The summed E-state index contributed by atoms with van der Waals surface area (Å²) in [5.74, 6) is -0.337. The molecule has 1 aliphatic rings. The van der Waals surface area contributed by atoms with E-state index < -0.39 is 0 Å². The standard InChI is InChI=1S/C18H21NO4/c1-11(2)23-18(21)13-6-4-8-19-14(13)10-12(3)16(19)17(20)15-7-5-9-22-15/h5,7,9-11,13H,4,6,8H2,1-3H3. The Hall–Kier alpha value is -2.30. The lowest BCUT2D eigenvalue weighted by Crippen LogP contribution is -2.27. The van der Waals surface area contributed by atoms with E-state index in [1.807, 2.05) is 31.4 Å². The molecule has 0 N–H and O–H groups in total. The van der Waals surface area contributed by atoms with Crippen molar-refractivity contribution in [1.82, 2.24) is 4.57 Å². The molecule has 0 aliphatic carbocycles. The van der Waals surface area contributed by atoms with Gasteiger partial charge in [-0.1, -0.05) is 0 Å². The van der Waals surface area contributed by atoms with Gasteiger partial charge in [0.15, 0.2) is 5.76 Å². The molecule has 5 nitrogen and oxygen atoms in total. The largest absolute Gasteiger partial charge is 0.462 e. The van der Waals surface area contributed by atoms with Gasteiger partial charge in [-0.2, -0.15) is 0 Å². The lowest BCUT2D eigenvalue weighted by molar-refractivity contribution is -0.149. The van der Waals surface area contributed by atoms with Crippen molar-refractivity contribution in [3.8, 4) is 0 Å². The molecule has 0 saturated carbocycles. The summed E-state index contributed by atoms with van der Waals surface area (Å²) in [4.78, 5) is 25.0. The summed E-state index contributed by atoms with van der Waals surface area (Å²) in [5, 5.41) is 0. The average Bonchev–Trinajstić information content (AvgIpc) is 3.12. The Labute approximate surface area is 135 Å². The van der Waals surface area contributed by atoms with E-state index in [0.29, 0.717) is 11.5 Å². The van der Waals surface area contributed by atoms with Crippen LogP contribution in [-0.2, 0) is 16.1 Å². The molecule has 1 aliphatic heterocycles. The maximum atomic E-state index is 12.7. The summed E-state index contributed by atoms with van der Waals surface area (Å²) in [6.45, 7) is 6.32. The number of fused-ring (bicyclic) bond motifs is 1. The van der Waals surface area contributed by atoms with Crippen LogP contribution >= 0.6 is 0 Å². The molecule has 2 aromatic heterocycles. The van der Waals surface area contributed by atoms with Crippen LogP contribution in [0.3, 0.4) is 0 Å². The zero-order chi connectivity index (χ0) is 16.6. The molecule has 5 heteroatoms. The number of rotatable bonds is 4. The van der Waals surface area contributed by atoms with Crippen LogP contribution in [0.1, 0.15) is 60.1 Å². The number of aromatic nitrogens is 1. The van der Waals surface area contributed by atoms with Crippen LogP contribution in [0.4, 0.5) is 0 Å². The first-order valence-electron chi connectivity index (χ1n) is 7.97. The van der Waals surface area contributed by atoms with Gasteiger partial charge in [0.05, 0.1) is 24.0 Å². The number of nitrogens with zero attached hydrogens (tertiary/aromatic N) is 1. The van der Waals surface area contributed by atoms with Gasteiger partial charge in [-0.15, -0.1) is 0 Å². The van der Waals surface area contributed by atoms with E-state index in [4.69, 9.17) is 9.15 Å². The Morgan fingerprint density at radius 1 is 1.39 bits per heavy atom. The van der Waals surface area contributed by atoms with Crippen LogP contribution < -0.4 is 0 Å². The first-order chi connectivity index (χ1) is 11.0. The highest BCUT2D eigenvalue weighted by molar-refractivity contribution is 6.07. The fraction of sp³-hybridized carbons (Fsp3) is 0.444. The van der Waals surface area contributed by atoms with Crippen LogP contribution in [0, 0.1) is 6.92 Å². The molecule has 0 saturated heterocycles. The Balaban J connectivity index is 1.98. The van der Waals surface area contributed by atoms with Crippen molar-refractivity contribution in [3.05, 3.63) is 47.2 Å². The van der Waals surface area contributed by atoms with Gasteiger partial charge in [0, 0.05) is 12.2 Å². The predicted octanol–water partition coefficient (Wildman–Crippen LogP) is 3.45. The summed E-state index contributed by atoms with van der Waals surface area (Å²) < 4.78 is 12.6. The normalized spacial score (nSPS) is 17.1. The molecule has 0 amide bonds. The third-order valence-electron chi connectivity index (χ3n) is 4.15. The summed E-state index contributed by atoms with van der Waals surface area (Å²) >= 11 is 0. The number of carbonyl (C=O) groups is 2. The Kier molecular flexibility index (Phi) is 4.11. The van der Waals surface area contributed by atoms with Crippen LogP contribution in [-0.4, -0.2) is 22.4 Å². The van der Waals surface area contributed by atoms with Gasteiger partial charge in [0.2, 0.25) is 5.78 Å². The third-order valence-corrected chi connectivity index (χ3v) is 4.15. The topological polar surface area (TPSA) is 61.4 Å². The van der Waals surface area contributed by atoms with Gasteiger partial charge in [0.1, 0.15) is 0 Å². The molecule has 3 heterocycles. The molecule has 0 radical (unpaired) electrons. The summed E-state index contributed by atoms with van der Waals surface area (Å²) in [7, 11) is 0. The molecule has 1 atom stereocenters. The van der Waals surface area contributed by atoms with E-state index >= 15 is 0 Å². The van der Waals surface area contributed by atoms with E-state index in [1.165, 1.54) is 6.26 Å². The zero-order valence-electron chi connectivity index (χ0n) is 13.7. The Bertz CT molecular complexity index is 725. The van der Waals surface area contributed by atoms with Gasteiger partial charge >= 0.3 is 5.97 Å². The van der Waals surface area contributed by atoms with Crippen molar-refractivity contribution in [2.24, 2.45) is 0 Å². The second-order valence-electron chi connectivity index (χ2n) is 6.24. The second-order valence-corrected chi connectivity index (χ2v) is 6.24. The second kappa shape index (κ2) is 6.07. The number of ether oxygens (including phenoxy) is 1. The van der Waals surface area contributed by atoms with Gasteiger partial charge in [-0.05, 0) is 57.4 Å². The highest BCUT2D eigenvalue weighted by Gasteiger charge is 2.33. The van der Waals surface area contributed by atoms with E-state index in [2.05, 4.69) is 0 Å². The van der Waals surface area contributed by atoms with E-state index in [1.54, 1.807) is 12.1 Å². The highest BCUT2D eigenvalue weighted by atomic mass is 16.5.